The summed E-state index contributed by atoms with van der Waals surface area (Å²) < 4.78 is 31.9. The van der Waals surface area contributed by atoms with Crippen molar-refractivity contribution in [3.05, 3.63) is 33.9 Å². The van der Waals surface area contributed by atoms with Crippen LogP contribution in [0.4, 0.5) is 20.2 Å². The number of rotatable bonds is 7. The zero-order chi connectivity index (χ0) is 14.8. The van der Waals surface area contributed by atoms with Crippen LogP contribution in [0.2, 0.25) is 0 Å². The third-order valence-electron chi connectivity index (χ3n) is 3.70. The molecule has 1 aromatic rings. The van der Waals surface area contributed by atoms with Gasteiger partial charge in [-0.3, -0.25) is 10.1 Å². The Morgan fingerprint density at radius 1 is 1.45 bits per heavy atom. The summed E-state index contributed by atoms with van der Waals surface area (Å²) in [4.78, 5) is 10.1. The predicted molar refractivity (Wildman–Crippen MR) is 69.7 cm³/mol. The van der Waals surface area contributed by atoms with E-state index < -0.39 is 22.2 Å². The maximum atomic E-state index is 13.7. The highest BCUT2D eigenvalue weighted by Crippen LogP contribution is 2.49. The molecule has 0 spiro atoms. The Hall–Kier alpha value is -1.76. The van der Waals surface area contributed by atoms with Gasteiger partial charge in [-0.1, -0.05) is 0 Å². The van der Waals surface area contributed by atoms with Gasteiger partial charge in [-0.05, 0) is 30.7 Å². The van der Waals surface area contributed by atoms with Gasteiger partial charge in [0, 0.05) is 26.3 Å². The van der Waals surface area contributed by atoms with Gasteiger partial charge in [0.05, 0.1) is 4.92 Å². The van der Waals surface area contributed by atoms with Crippen molar-refractivity contribution in [2.75, 3.05) is 25.6 Å². The van der Waals surface area contributed by atoms with Crippen LogP contribution in [-0.2, 0) is 4.74 Å². The topological polar surface area (TPSA) is 64.4 Å². The Morgan fingerprint density at radius 2 is 2.15 bits per heavy atom. The predicted octanol–water partition coefficient (Wildman–Crippen LogP) is 3.10. The molecule has 0 aliphatic heterocycles. The molecule has 0 saturated heterocycles. The number of ether oxygens (including phenoxy) is 1. The van der Waals surface area contributed by atoms with Crippen LogP contribution in [0.15, 0.2) is 12.1 Å². The summed E-state index contributed by atoms with van der Waals surface area (Å²) in [5.41, 5.74) is -0.854. The van der Waals surface area contributed by atoms with Crippen molar-refractivity contribution in [1.29, 1.82) is 0 Å². The molecule has 1 aromatic carbocycles. The van der Waals surface area contributed by atoms with Gasteiger partial charge in [0.1, 0.15) is 0 Å². The Morgan fingerprint density at radius 3 is 2.70 bits per heavy atom. The fourth-order valence-corrected chi connectivity index (χ4v) is 2.15. The number of nitrogens with zero attached hydrogens (tertiary/aromatic N) is 1. The third kappa shape index (κ3) is 3.04. The molecule has 0 heterocycles. The maximum absolute atomic E-state index is 13.7. The minimum absolute atomic E-state index is 0.0252. The second kappa shape index (κ2) is 5.70. The molecule has 1 saturated carbocycles. The minimum atomic E-state index is -1.21. The van der Waals surface area contributed by atoms with Crippen molar-refractivity contribution < 1.29 is 18.4 Å². The van der Waals surface area contributed by atoms with E-state index in [0.717, 1.165) is 31.4 Å². The van der Waals surface area contributed by atoms with Crippen LogP contribution in [0, 0.1) is 27.2 Å². The van der Waals surface area contributed by atoms with Crippen molar-refractivity contribution in [2.45, 2.75) is 19.3 Å². The van der Waals surface area contributed by atoms with E-state index in [1.807, 2.05) is 0 Å². The number of halogens is 2. The summed E-state index contributed by atoms with van der Waals surface area (Å²) >= 11 is 0. The van der Waals surface area contributed by atoms with Crippen molar-refractivity contribution in [1.82, 2.24) is 0 Å². The monoisotopic (exact) mass is 286 g/mol. The lowest BCUT2D eigenvalue weighted by Gasteiger charge is -2.16. The first-order valence-electron chi connectivity index (χ1n) is 6.34. The van der Waals surface area contributed by atoms with E-state index in [1.165, 1.54) is 0 Å². The molecule has 1 fully saturated rings. The van der Waals surface area contributed by atoms with Gasteiger partial charge in [-0.2, -0.15) is 0 Å². The van der Waals surface area contributed by atoms with Crippen LogP contribution in [0.5, 0.6) is 0 Å². The SMILES string of the molecule is COCCC1(CNc2c([N+](=O)[O-])ccc(F)c2F)CC1. The Labute approximate surface area is 115 Å². The van der Waals surface area contributed by atoms with E-state index in [-0.39, 0.29) is 11.1 Å². The van der Waals surface area contributed by atoms with Gasteiger partial charge in [0.25, 0.3) is 5.69 Å². The number of methoxy groups -OCH3 is 1. The Balaban J connectivity index is 2.13. The van der Waals surface area contributed by atoms with Crippen LogP contribution in [-0.4, -0.2) is 25.2 Å². The molecule has 5 nitrogen and oxygen atoms in total. The first-order chi connectivity index (χ1) is 9.49. The van der Waals surface area contributed by atoms with E-state index in [1.54, 1.807) is 7.11 Å². The minimum Gasteiger partial charge on any atom is -0.385 e. The lowest BCUT2D eigenvalue weighted by molar-refractivity contribution is -0.384. The number of benzene rings is 1. The van der Waals surface area contributed by atoms with Gasteiger partial charge < -0.3 is 10.1 Å². The third-order valence-corrected chi connectivity index (χ3v) is 3.70. The average Bonchev–Trinajstić information content (AvgIpc) is 3.18. The zero-order valence-corrected chi connectivity index (χ0v) is 11.1. The molecule has 2 rings (SSSR count). The van der Waals surface area contributed by atoms with Crippen molar-refractivity contribution >= 4 is 11.4 Å². The smallest absolute Gasteiger partial charge is 0.295 e. The van der Waals surface area contributed by atoms with Crippen LogP contribution in [0.1, 0.15) is 19.3 Å². The number of nitrogens with one attached hydrogen (secondary N) is 1. The summed E-state index contributed by atoms with van der Waals surface area (Å²) in [6, 6.07) is 1.73. The molecule has 0 aromatic heterocycles. The number of nitro groups is 1. The fourth-order valence-electron chi connectivity index (χ4n) is 2.15. The summed E-state index contributed by atoms with van der Waals surface area (Å²) in [6.07, 6.45) is 2.70. The lowest BCUT2D eigenvalue weighted by Crippen LogP contribution is -2.19. The van der Waals surface area contributed by atoms with Crippen molar-refractivity contribution in [2.24, 2.45) is 5.41 Å². The maximum Gasteiger partial charge on any atom is 0.295 e. The molecule has 0 unspecified atom stereocenters. The average molecular weight is 286 g/mol. The van der Waals surface area contributed by atoms with Gasteiger partial charge in [-0.25, -0.2) is 8.78 Å². The fraction of sp³-hybridized carbons (Fsp3) is 0.538. The van der Waals surface area contributed by atoms with Crippen LogP contribution in [0.25, 0.3) is 0 Å². The molecule has 0 radical (unpaired) electrons. The Bertz CT molecular complexity index is 519. The van der Waals surface area contributed by atoms with Gasteiger partial charge in [0.15, 0.2) is 17.3 Å². The van der Waals surface area contributed by atoms with Crippen LogP contribution >= 0.6 is 0 Å². The molecule has 0 atom stereocenters. The summed E-state index contributed by atoms with van der Waals surface area (Å²) in [5.74, 6) is -2.30. The molecular weight excluding hydrogens is 270 g/mol. The van der Waals surface area contributed by atoms with E-state index >= 15 is 0 Å². The van der Waals surface area contributed by atoms with Gasteiger partial charge >= 0.3 is 0 Å². The summed E-state index contributed by atoms with van der Waals surface area (Å²) in [6.45, 7) is 0.951. The highest BCUT2D eigenvalue weighted by atomic mass is 19.2. The Kier molecular flexibility index (Phi) is 4.17. The quantitative estimate of drug-likeness (QED) is 0.618. The highest BCUT2D eigenvalue weighted by Gasteiger charge is 2.42. The molecule has 1 aliphatic carbocycles. The second-order valence-electron chi connectivity index (χ2n) is 5.11. The standard InChI is InChI=1S/C13H16F2N2O3/c1-20-7-6-13(4-5-13)8-16-12-10(17(18)19)3-2-9(14)11(12)15/h2-3,16H,4-8H2,1H3. The highest BCUT2D eigenvalue weighted by molar-refractivity contribution is 5.62. The molecule has 1 N–H and O–H groups in total. The largest absolute Gasteiger partial charge is 0.385 e. The van der Waals surface area contributed by atoms with Crippen molar-refractivity contribution in [3.63, 3.8) is 0 Å². The molecule has 110 valence electrons. The number of hydrogen-bond acceptors (Lipinski definition) is 4. The van der Waals surface area contributed by atoms with Crippen molar-refractivity contribution in [3.8, 4) is 0 Å². The first-order valence-corrected chi connectivity index (χ1v) is 6.34. The first kappa shape index (κ1) is 14.6. The van der Waals surface area contributed by atoms with Gasteiger partial charge in [0.2, 0.25) is 0 Å². The van der Waals surface area contributed by atoms with Gasteiger partial charge in [-0.15, -0.1) is 0 Å². The molecule has 1 aliphatic rings. The van der Waals surface area contributed by atoms with Crippen LogP contribution in [0.3, 0.4) is 0 Å². The molecular formula is C13H16F2N2O3. The number of anilines is 1. The molecule has 7 heteroatoms. The molecule has 0 amide bonds. The second-order valence-corrected chi connectivity index (χ2v) is 5.11. The normalized spacial score (nSPS) is 15.9. The number of hydrogen-bond donors (Lipinski definition) is 1. The molecule has 20 heavy (non-hydrogen) atoms. The summed E-state index contributed by atoms with van der Waals surface area (Å²) in [7, 11) is 1.60. The van der Waals surface area contributed by atoms with E-state index in [4.69, 9.17) is 4.74 Å². The van der Waals surface area contributed by atoms with E-state index in [9.17, 15) is 18.9 Å². The lowest BCUT2D eigenvalue weighted by atomic mass is 10.0. The molecule has 0 bridgehead atoms. The van der Waals surface area contributed by atoms with E-state index in [2.05, 4.69) is 5.32 Å². The zero-order valence-electron chi connectivity index (χ0n) is 11.1. The van der Waals surface area contributed by atoms with Crippen LogP contribution < -0.4 is 5.32 Å². The number of nitro benzene ring substituents is 1. The van der Waals surface area contributed by atoms with E-state index in [0.29, 0.717) is 13.2 Å². The summed E-state index contributed by atoms with van der Waals surface area (Å²) in [5, 5.41) is 13.6.